The predicted octanol–water partition coefficient (Wildman–Crippen LogP) is 4.73. The van der Waals surface area contributed by atoms with Crippen molar-refractivity contribution in [1.29, 1.82) is 5.26 Å². The van der Waals surface area contributed by atoms with E-state index in [9.17, 15) is 4.79 Å². The van der Waals surface area contributed by atoms with Crippen LogP contribution in [0.3, 0.4) is 0 Å². The zero-order chi connectivity index (χ0) is 23.4. The Morgan fingerprint density at radius 1 is 1.12 bits per heavy atom. The van der Waals surface area contributed by atoms with E-state index in [-0.39, 0.29) is 0 Å². The van der Waals surface area contributed by atoms with Crippen LogP contribution in [0.5, 0.6) is 0 Å². The molecule has 1 fully saturated rings. The number of primary amides is 1. The summed E-state index contributed by atoms with van der Waals surface area (Å²) in [6, 6.07) is 19.3. The van der Waals surface area contributed by atoms with E-state index in [4.69, 9.17) is 16.0 Å². The maximum Gasteiger partial charge on any atom is 0.319 e. The normalized spacial score (nSPS) is 17.8. The van der Waals surface area contributed by atoms with E-state index >= 15 is 0 Å². The molecule has 0 aliphatic heterocycles. The van der Waals surface area contributed by atoms with Crippen molar-refractivity contribution < 1.29 is 4.79 Å². The molecular formula is C26H30N6O. The Balaban J connectivity index is 1.39. The number of pyridine rings is 1. The molecule has 1 aromatic heterocycles. The van der Waals surface area contributed by atoms with Gasteiger partial charge in [0.15, 0.2) is 0 Å². The first kappa shape index (κ1) is 22.4. The highest BCUT2D eigenvalue weighted by molar-refractivity contribution is 5.93. The molecule has 3 N–H and O–H groups in total. The van der Waals surface area contributed by atoms with Gasteiger partial charge in [0.2, 0.25) is 0 Å². The van der Waals surface area contributed by atoms with Crippen LogP contribution in [-0.4, -0.2) is 37.7 Å². The summed E-state index contributed by atoms with van der Waals surface area (Å²) in [6.45, 7) is 0.590. The minimum Gasteiger partial charge on any atom is -0.377 e. The number of para-hydroxylation sites is 1. The Bertz CT molecular complexity index is 1160. The standard InChI is InChI=1S/C26H30N6O/c1-31(2)24-15-25(30-23-6-4-3-5-22(23)24)29-20-11-7-19(8-12-20)17-32(26(28)33)21-13-9-18(16-27)10-14-21/h3-6,9-10,13-15,19-20H,7-8,11-12,17H2,1-2H3,(H2,28,33)(H,29,30). The van der Waals surface area contributed by atoms with Crippen molar-refractivity contribution in [2.24, 2.45) is 11.7 Å². The lowest BCUT2D eigenvalue weighted by Gasteiger charge is -2.33. The highest BCUT2D eigenvalue weighted by atomic mass is 16.2. The van der Waals surface area contributed by atoms with Crippen molar-refractivity contribution in [1.82, 2.24) is 4.98 Å². The lowest BCUT2D eigenvalue weighted by Crippen LogP contribution is -2.41. The van der Waals surface area contributed by atoms with Crippen LogP contribution in [0.25, 0.3) is 10.9 Å². The van der Waals surface area contributed by atoms with Gasteiger partial charge in [-0.1, -0.05) is 18.2 Å². The van der Waals surface area contributed by atoms with Gasteiger partial charge in [-0.2, -0.15) is 5.26 Å². The van der Waals surface area contributed by atoms with Crippen LogP contribution in [0.2, 0.25) is 0 Å². The van der Waals surface area contributed by atoms with E-state index in [1.807, 2.05) is 18.2 Å². The molecular weight excluding hydrogens is 412 g/mol. The zero-order valence-corrected chi connectivity index (χ0v) is 19.2. The van der Waals surface area contributed by atoms with Crippen LogP contribution in [0, 0.1) is 17.2 Å². The number of benzene rings is 2. The van der Waals surface area contributed by atoms with Gasteiger partial charge in [0.05, 0.1) is 17.1 Å². The van der Waals surface area contributed by atoms with Crippen molar-refractivity contribution >= 4 is 34.1 Å². The molecule has 1 aliphatic carbocycles. The molecule has 33 heavy (non-hydrogen) atoms. The molecule has 3 aromatic rings. The van der Waals surface area contributed by atoms with Gasteiger partial charge in [0, 0.05) is 49.5 Å². The van der Waals surface area contributed by atoms with E-state index in [1.165, 1.54) is 0 Å². The number of anilines is 3. The van der Waals surface area contributed by atoms with E-state index < -0.39 is 6.03 Å². The fourth-order valence-corrected chi connectivity index (χ4v) is 4.60. The molecule has 0 atom stereocenters. The summed E-state index contributed by atoms with van der Waals surface area (Å²) >= 11 is 0. The smallest absolute Gasteiger partial charge is 0.319 e. The third-order valence-corrected chi connectivity index (χ3v) is 6.39. The number of rotatable bonds is 6. The number of aromatic nitrogens is 1. The second kappa shape index (κ2) is 9.78. The first-order valence-corrected chi connectivity index (χ1v) is 11.4. The number of nitrogens with two attached hydrogens (primary N) is 1. The topological polar surface area (TPSA) is 98.3 Å². The summed E-state index contributed by atoms with van der Waals surface area (Å²) < 4.78 is 0. The molecule has 2 aromatic carbocycles. The molecule has 0 saturated heterocycles. The number of amides is 2. The van der Waals surface area contributed by atoms with Crippen LogP contribution in [0.15, 0.2) is 54.6 Å². The Morgan fingerprint density at radius 3 is 2.45 bits per heavy atom. The van der Waals surface area contributed by atoms with Crippen LogP contribution in [-0.2, 0) is 0 Å². The molecule has 0 unspecified atom stereocenters. The SMILES string of the molecule is CN(C)c1cc(NC2CCC(CN(C(N)=O)c3ccc(C#N)cc3)CC2)nc2ccccc12. The fraction of sp³-hybridized carbons (Fsp3) is 0.346. The minimum absolute atomic E-state index is 0.349. The van der Waals surface area contributed by atoms with Crippen LogP contribution < -0.4 is 20.9 Å². The Morgan fingerprint density at radius 2 is 1.82 bits per heavy atom. The molecule has 4 rings (SSSR count). The first-order valence-electron chi connectivity index (χ1n) is 11.4. The van der Waals surface area contributed by atoms with Crippen molar-refractivity contribution in [3.63, 3.8) is 0 Å². The van der Waals surface area contributed by atoms with Crippen molar-refractivity contribution in [2.45, 2.75) is 31.7 Å². The van der Waals surface area contributed by atoms with Gasteiger partial charge in [0.25, 0.3) is 0 Å². The first-order chi connectivity index (χ1) is 15.9. The fourth-order valence-electron chi connectivity index (χ4n) is 4.60. The molecule has 2 amide bonds. The predicted molar refractivity (Wildman–Crippen MR) is 134 cm³/mol. The number of nitrogens with zero attached hydrogens (tertiary/aromatic N) is 4. The van der Waals surface area contributed by atoms with Gasteiger partial charge < -0.3 is 16.0 Å². The number of carbonyl (C=O) groups is 1. The number of nitrogens with one attached hydrogen (secondary N) is 1. The number of carbonyl (C=O) groups excluding carboxylic acids is 1. The van der Waals surface area contributed by atoms with E-state index in [0.29, 0.717) is 24.1 Å². The molecule has 1 heterocycles. The van der Waals surface area contributed by atoms with E-state index in [0.717, 1.165) is 53.8 Å². The quantitative estimate of drug-likeness (QED) is 0.575. The van der Waals surface area contributed by atoms with Crippen LogP contribution in [0.1, 0.15) is 31.2 Å². The van der Waals surface area contributed by atoms with Crippen molar-refractivity contribution in [3.05, 3.63) is 60.2 Å². The average molecular weight is 443 g/mol. The highest BCUT2D eigenvalue weighted by Gasteiger charge is 2.25. The van der Waals surface area contributed by atoms with Gasteiger partial charge in [-0.3, -0.25) is 4.90 Å². The lowest BCUT2D eigenvalue weighted by molar-refractivity contribution is 0.250. The maximum absolute atomic E-state index is 12.1. The minimum atomic E-state index is -0.462. The van der Waals surface area contributed by atoms with Gasteiger partial charge in [-0.25, -0.2) is 9.78 Å². The summed E-state index contributed by atoms with van der Waals surface area (Å²) in [7, 11) is 4.10. The molecule has 0 radical (unpaired) electrons. The van der Waals surface area contributed by atoms with E-state index in [2.05, 4.69) is 42.5 Å². The number of fused-ring (bicyclic) bond motifs is 1. The molecule has 7 nitrogen and oxygen atoms in total. The summed E-state index contributed by atoms with van der Waals surface area (Å²) in [5.41, 5.74) is 9.10. The Kier molecular flexibility index (Phi) is 6.64. The van der Waals surface area contributed by atoms with Crippen LogP contribution >= 0.6 is 0 Å². The molecule has 1 aliphatic rings. The van der Waals surface area contributed by atoms with Crippen molar-refractivity contribution in [2.75, 3.05) is 35.8 Å². The zero-order valence-electron chi connectivity index (χ0n) is 19.2. The highest BCUT2D eigenvalue weighted by Crippen LogP contribution is 2.31. The second-order valence-corrected chi connectivity index (χ2v) is 8.91. The van der Waals surface area contributed by atoms with Gasteiger partial charge >= 0.3 is 6.03 Å². The van der Waals surface area contributed by atoms with Crippen LogP contribution in [0.4, 0.5) is 22.0 Å². The average Bonchev–Trinajstić information content (AvgIpc) is 2.83. The van der Waals surface area contributed by atoms with Crippen molar-refractivity contribution in [3.8, 4) is 6.07 Å². The van der Waals surface area contributed by atoms with E-state index in [1.54, 1.807) is 29.2 Å². The molecule has 0 bridgehead atoms. The number of hydrogen-bond donors (Lipinski definition) is 2. The third-order valence-electron chi connectivity index (χ3n) is 6.39. The molecule has 1 saturated carbocycles. The summed E-state index contributed by atoms with van der Waals surface area (Å²) in [5.74, 6) is 1.28. The molecule has 0 spiro atoms. The third kappa shape index (κ3) is 5.17. The largest absolute Gasteiger partial charge is 0.377 e. The summed E-state index contributed by atoms with van der Waals surface area (Å²) in [6.07, 6.45) is 4.03. The monoisotopic (exact) mass is 442 g/mol. The van der Waals surface area contributed by atoms with Gasteiger partial charge in [0.1, 0.15) is 5.82 Å². The maximum atomic E-state index is 12.1. The van der Waals surface area contributed by atoms with Gasteiger partial charge in [-0.05, 0) is 61.9 Å². The lowest BCUT2D eigenvalue weighted by atomic mass is 9.85. The summed E-state index contributed by atoms with van der Waals surface area (Å²) in [5, 5.41) is 13.8. The number of urea groups is 1. The number of nitriles is 1. The second-order valence-electron chi connectivity index (χ2n) is 8.91. The molecule has 7 heteroatoms. The number of hydrogen-bond acceptors (Lipinski definition) is 5. The molecule has 170 valence electrons. The summed E-state index contributed by atoms with van der Waals surface area (Å²) in [4.78, 5) is 20.7. The van der Waals surface area contributed by atoms with Gasteiger partial charge in [-0.15, -0.1) is 0 Å². The Hall–Kier alpha value is -3.79. The Labute approximate surface area is 194 Å².